The Morgan fingerprint density at radius 1 is 1.75 bits per heavy atom. The molecule has 1 aliphatic rings. The van der Waals surface area contributed by atoms with Gasteiger partial charge in [-0.05, 0) is 25.0 Å². The van der Waals surface area contributed by atoms with E-state index in [9.17, 15) is 5.11 Å². The first-order valence-corrected chi connectivity index (χ1v) is 5.13. The summed E-state index contributed by atoms with van der Waals surface area (Å²) in [6, 6.07) is 1.77. The number of nitrogens with zero attached hydrogens (tertiary/aromatic N) is 1. The van der Waals surface area contributed by atoms with E-state index in [0.717, 1.165) is 12.8 Å². The number of ether oxygens (including phenoxy) is 2. The maximum Gasteiger partial charge on any atom is 0.274 e. The minimum Gasteiger partial charge on any atom is -0.511 e. The van der Waals surface area contributed by atoms with E-state index < -0.39 is 6.10 Å². The van der Waals surface area contributed by atoms with Crippen molar-refractivity contribution >= 4 is 0 Å². The number of aliphatic hydroxyl groups excluding tert-OH is 2. The van der Waals surface area contributed by atoms with E-state index in [2.05, 4.69) is 0 Å². The molecule has 0 radical (unpaired) electrons. The normalized spacial score (nSPS) is 18.0. The van der Waals surface area contributed by atoms with E-state index in [1.165, 1.54) is 6.08 Å². The van der Waals surface area contributed by atoms with Gasteiger partial charge in [-0.25, -0.2) is 0 Å². The number of hydrogen-bond donors (Lipinski definition) is 2. The first-order chi connectivity index (χ1) is 7.72. The minimum atomic E-state index is -0.945. The third-order valence-corrected chi connectivity index (χ3v) is 1.95. The van der Waals surface area contributed by atoms with Crippen LogP contribution in [0, 0.1) is 11.3 Å². The lowest BCUT2D eigenvalue weighted by Gasteiger charge is -2.16. The zero-order valence-corrected chi connectivity index (χ0v) is 8.93. The Morgan fingerprint density at radius 3 is 3.19 bits per heavy atom. The predicted octanol–water partition coefficient (Wildman–Crippen LogP) is 1.37. The Kier molecular flexibility index (Phi) is 5.23. The van der Waals surface area contributed by atoms with E-state index >= 15 is 0 Å². The van der Waals surface area contributed by atoms with Gasteiger partial charge in [-0.2, -0.15) is 5.26 Å². The van der Waals surface area contributed by atoms with Crippen molar-refractivity contribution in [3.05, 3.63) is 23.9 Å². The molecule has 1 rings (SSSR count). The molecule has 16 heavy (non-hydrogen) atoms. The number of rotatable bonds is 5. The van der Waals surface area contributed by atoms with Crippen molar-refractivity contribution in [3.63, 3.8) is 0 Å². The van der Waals surface area contributed by atoms with Crippen LogP contribution in [0.5, 0.6) is 0 Å². The monoisotopic (exact) mass is 225 g/mol. The lowest BCUT2D eigenvalue weighted by atomic mass is 10.2. The van der Waals surface area contributed by atoms with Crippen molar-refractivity contribution < 1.29 is 19.7 Å². The van der Waals surface area contributed by atoms with Gasteiger partial charge in [-0.1, -0.05) is 0 Å². The molecule has 0 saturated carbocycles. The summed E-state index contributed by atoms with van der Waals surface area (Å²) in [6.07, 6.45) is 3.82. The van der Waals surface area contributed by atoms with Crippen molar-refractivity contribution in [2.24, 2.45) is 0 Å². The fourth-order valence-electron chi connectivity index (χ4n) is 1.21. The van der Waals surface area contributed by atoms with E-state index in [-0.39, 0.29) is 18.8 Å². The van der Waals surface area contributed by atoms with Gasteiger partial charge in [0, 0.05) is 0 Å². The van der Waals surface area contributed by atoms with E-state index in [1.807, 2.05) is 6.08 Å². The van der Waals surface area contributed by atoms with Crippen LogP contribution >= 0.6 is 0 Å². The summed E-state index contributed by atoms with van der Waals surface area (Å²) >= 11 is 0. The average molecular weight is 225 g/mol. The highest BCUT2D eigenvalue weighted by atomic mass is 16.7. The van der Waals surface area contributed by atoms with Crippen LogP contribution in [-0.2, 0) is 9.47 Å². The number of aliphatic hydroxyl groups is 2. The summed E-state index contributed by atoms with van der Waals surface area (Å²) in [4.78, 5) is 0. The maximum atomic E-state index is 9.42. The van der Waals surface area contributed by atoms with Crippen molar-refractivity contribution in [2.45, 2.75) is 25.4 Å². The SMILES string of the molecule is N#CC/C(O)=C/C(O)COC1=CCCCO1. The second-order valence-electron chi connectivity index (χ2n) is 3.39. The van der Waals surface area contributed by atoms with Crippen LogP contribution in [0.25, 0.3) is 0 Å². The van der Waals surface area contributed by atoms with Crippen LogP contribution < -0.4 is 0 Å². The van der Waals surface area contributed by atoms with Gasteiger partial charge >= 0.3 is 0 Å². The number of nitriles is 1. The number of hydrogen-bond acceptors (Lipinski definition) is 5. The fourth-order valence-corrected chi connectivity index (χ4v) is 1.21. The summed E-state index contributed by atoms with van der Waals surface area (Å²) < 4.78 is 10.3. The topological polar surface area (TPSA) is 82.7 Å². The summed E-state index contributed by atoms with van der Waals surface area (Å²) in [6.45, 7) is 0.624. The Balaban J connectivity index is 2.29. The highest BCUT2D eigenvalue weighted by Gasteiger charge is 2.08. The molecule has 1 heterocycles. The van der Waals surface area contributed by atoms with Crippen LogP contribution in [0.3, 0.4) is 0 Å². The zero-order valence-electron chi connectivity index (χ0n) is 8.93. The molecule has 1 aliphatic heterocycles. The largest absolute Gasteiger partial charge is 0.511 e. The first-order valence-electron chi connectivity index (χ1n) is 5.13. The van der Waals surface area contributed by atoms with Crippen molar-refractivity contribution in [2.75, 3.05) is 13.2 Å². The van der Waals surface area contributed by atoms with Gasteiger partial charge in [0.25, 0.3) is 5.95 Å². The third kappa shape index (κ3) is 4.71. The summed E-state index contributed by atoms with van der Waals surface area (Å²) in [7, 11) is 0. The smallest absolute Gasteiger partial charge is 0.274 e. The molecule has 0 aromatic carbocycles. The molecule has 0 aromatic rings. The molecule has 2 N–H and O–H groups in total. The molecule has 1 unspecified atom stereocenters. The Labute approximate surface area is 94.2 Å². The molecule has 5 nitrogen and oxygen atoms in total. The Hall–Kier alpha value is -1.67. The average Bonchev–Trinajstić information content (AvgIpc) is 2.28. The Bertz CT molecular complexity index is 316. The molecule has 1 atom stereocenters. The van der Waals surface area contributed by atoms with Gasteiger partial charge in [0.15, 0.2) is 0 Å². The molecule has 5 heteroatoms. The van der Waals surface area contributed by atoms with Gasteiger partial charge in [-0.15, -0.1) is 0 Å². The molecule has 88 valence electrons. The van der Waals surface area contributed by atoms with Gasteiger partial charge in [0.1, 0.15) is 18.5 Å². The highest BCUT2D eigenvalue weighted by molar-refractivity contribution is 5.02. The fraction of sp³-hybridized carbons (Fsp3) is 0.545. The highest BCUT2D eigenvalue weighted by Crippen LogP contribution is 2.11. The van der Waals surface area contributed by atoms with Gasteiger partial charge in [-0.3, -0.25) is 0 Å². The second-order valence-corrected chi connectivity index (χ2v) is 3.39. The molecule has 0 bridgehead atoms. The molecule has 0 amide bonds. The van der Waals surface area contributed by atoms with Crippen molar-refractivity contribution in [3.8, 4) is 6.07 Å². The molecular formula is C11H15NO4. The van der Waals surface area contributed by atoms with Crippen LogP contribution in [-0.4, -0.2) is 29.5 Å². The van der Waals surface area contributed by atoms with E-state index in [4.69, 9.17) is 19.8 Å². The van der Waals surface area contributed by atoms with Crippen LogP contribution in [0.4, 0.5) is 0 Å². The first kappa shape index (κ1) is 12.4. The third-order valence-electron chi connectivity index (χ3n) is 1.95. The second kappa shape index (κ2) is 6.75. The molecule has 0 saturated heterocycles. The zero-order chi connectivity index (χ0) is 11.8. The van der Waals surface area contributed by atoms with E-state index in [1.54, 1.807) is 6.07 Å². The van der Waals surface area contributed by atoms with Gasteiger partial charge < -0.3 is 19.7 Å². The lowest BCUT2D eigenvalue weighted by molar-refractivity contribution is -0.00284. The van der Waals surface area contributed by atoms with Gasteiger partial charge in [0.2, 0.25) is 0 Å². The minimum absolute atomic E-state index is 0.00131. The predicted molar refractivity (Wildman–Crippen MR) is 56.2 cm³/mol. The molecular weight excluding hydrogens is 210 g/mol. The quantitative estimate of drug-likeness (QED) is 0.690. The van der Waals surface area contributed by atoms with Crippen molar-refractivity contribution in [1.82, 2.24) is 0 Å². The summed E-state index contributed by atoms with van der Waals surface area (Å²) in [5, 5.41) is 26.8. The van der Waals surface area contributed by atoms with Crippen molar-refractivity contribution in [1.29, 1.82) is 5.26 Å². The van der Waals surface area contributed by atoms with Crippen LogP contribution in [0.15, 0.2) is 23.9 Å². The molecule has 0 fully saturated rings. The van der Waals surface area contributed by atoms with Gasteiger partial charge in [0.05, 0.1) is 19.1 Å². The lowest BCUT2D eigenvalue weighted by Crippen LogP contribution is -2.15. The standard InChI is InChI=1S/C11H15NO4/c12-5-4-9(13)7-10(14)8-16-11-3-1-2-6-15-11/h3,7,10,13-14H,1-2,4,6,8H2/b9-7-. The summed E-state index contributed by atoms with van der Waals surface area (Å²) in [5.41, 5.74) is 0. The van der Waals surface area contributed by atoms with E-state index in [0.29, 0.717) is 12.6 Å². The summed E-state index contributed by atoms with van der Waals surface area (Å²) in [5.74, 6) is 0.260. The Morgan fingerprint density at radius 2 is 2.56 bits per heavy atom. The molecule has 0 aliphatic carbocycles. The maximum absolute atomic E-state index is 9.42. The number of allylic oxidation sites excluding steroid dienone is 2. The van der Waals surface area contributed by atoms with Crippen LogP contribution in [0.2, 0.25) is 0 Å². The molecule has 0 spiro atoms. The van der Waals surface area contributed by atoms with Crippen LogP contribution in [0.1, 0.15) is 19.3 Å². The molecule has 0 aromatic heterocycles.